The van der Waals surface area contributed by atoms with Crippen molar-refractivity contribution in [3.05, 3.63) is 16.2 Å². The Morgan fingerprint density at radius 2 is 2.00 bits per heavy atom. The van der Waals surface area contributed by atoms with Crippen molar-refractivity contribution in [3.8, 4) is 0 Å². The van der Waals surface area contributed by atoms with Gasteiger partial charge in [0.05, 0.1) is 5.69 Å². The van der Waals surface area contributed by atoms with E-state index in [1.54, 1.807) is 0 Å². The highest BCUT2D eigenvalue weighted by Crippen LogP contribution is 2.15. The maximum Gasteiger partial charge on any atom is 0.325 e. The molecule has 2 aromatic rings. The smallest absolute Gasteiger partial charge is 0.303 e. The maximum atomic E-state index is 11.0. The van der Waals surface area contributed by atoms with Gasteiger partial charge < -0.3 is 4.98 Å². The van der Waals surface area contributed by atoms with E-state index in [4.69, 9.17) is 0 Å². The van der Waals surface area contributed by atoms with Crippen LogP contribution in [0.4, 0.5) is 0 Å². The molecule has 2 rings (SSSR count). The molecule has 2 heterocycles. The van der Waals surface area contributed by atoms with Crippen molar-refractivity contribution in [3.63, 3.8) is 0 Å². The molecule has 0 radical (unpaired) electrons. The number of nitrogens with zero attached hydrogens (tertiary/aromatic N) is 3. The first-order valence-corrected chi connectivity index (χ1v) is 3.99. The van der Waals surface area contributed by atoms with Crippen LogP contribution in [-0.2, 0) is 0 Å². The van der Waals surface area contributed by atoms with Gasteiger partial charge in [-0.3, -0.25) is 4.98 Å². The predicted molar refractivity (Wildman–Crippen MR) is 46.4 cm³/mol. The molecular weight excluding hydrogens is 170 g/mol. The van der Waals surface area contributed by atoms with Gasteiger partial charge in [-0.25, -0.2) is 4.79 Å². The van der Waals surface area contributed by atoms with Crippen LogP contribution in [-0.4, -0.2) is 25.4 Å². The van der Waals surface area contributed by atoms with Crippen molar-refractivity contribution in [2.45, 2.75) is 19.8 Å². The fraction of sp³-hybridized carbons (Fsp3) is 0.429. The molecule has 0 atom stereocenters. The highest BCUT2D eigenvalue weighted by molar-refractivity contribution is 5.71. The number of nitrogens with one attached hydrogen (secondary N) is 2. The van der Waals surface area contributed by atoms with Crippen LogP contribution in [0.3, 0.4) is 0 Å². The van der Waals surface area contributed by atoms with E-state index in [0.29, 0.717) is 11.2 Å². The third-order valence-corrected chi connectivity index (χ3v) is 1.81. The fourth-order valence-electron chi connectivity index (χ4n) is 1.20. The van der Waals surface area contributed by atoms with E-state index >= 15 is 0 Å². The molecule has 0 bridgehead atoms. The fourth-order valence-corrected chi connectivity index (χ4v) is 1.20. The summed E-state index contributed by atoms with van der Waals surface area (Å²) in [6.45, 7) is 3.96. The Morgan fingerprint density at radius 1 is 1.23 bits per heavy atom. The lowest BCUT2D eigenvalue weighted by Crippen LogP contribution is -2.00. The Hall–Kier alpha value is -1.72. The molecule has 0 aromatic carbocycles. The maximum absolute atomic E-state index is 11.0. The summed E-state index contributed by atoms with van der Waals surface area (Å²) in [6, 6.07) is 0. The third-order valence-electron chi connectivity index (χ3n) is 1.81. The first-order valence-electron chi connectivity index (χ1n) is 3.99. The molecule has 0 spiro atoms. The zero-order valence-electron chi connectivity index (χ0n) is 7.33. The number of hydrogen-bond donors (Lipinski definition) is 2. The average molecular weight is 179 g/mol. The Labute approximate surface area is 73.4 Å². The normalized spacial score (nSPS) is 11.3. The van der Waals surface area contributed by atoms with Crippen molar-refractivity contribution in [1.29, 1.82) is 0 Å². The number of aromatic amines is 2. The molecule has 0 amide bonds. The molecule has 13 heavy (non-hydrogen) atoms. The summed E-state index contributed by atoms with van der Waals surface area (Å²) in [4.78, 5) is 16.1. The molecule has 0 fully saturated rings. The van der Waals surface area contributed by atoms with Gasteiger partial charge in [-0.2, -0.15) is 0 Å². The van der Waals surface area contributed by atoms with E-state index in [2.05, 4.69) is 25.4 Å². The zero-order valence-corrected chi connectivity index (χ0v) is 7.33. The Morgan fingerprint density at radius 3 is 2.69 bits per heavy atom. The second-order valence-corrected chi connectivity index (χ2v) is 3.13. The first kappa shape index (κ1) is 7.90. The van der Waals surface area contributed by atoms with Crippen LogP contribution in [0.25, 0.3) is 11.2 Å². The van der Waals surface area contributed by atoms with Crippen LogP contribution < -0.4 is 5.69 Å². The molecule has 0 aliphatic rings. The van der Waals surface area contributed by atoms with Crippen molar-refractivity contribution in [2.75, 3.05) is 0 Å². The number of aromatic nitrogens is 5. The Kier molecular flexibility index (Phi) is 1.61. The van der Waals surface area contributed by atoms with Crippen molar-refractivity contribution in [1.82, 2.24) is 25.4 Å². The van der Waals surface area contributed by atoms with Crippen molar-refractivity contribution in [2.24, 2.45) is 0 Å². The summed E-state index contributed by atoms with van der Waals surface area (Å²) in [7, 11) is 0. The molecule has 0 unspecified atom stereocenters. The number of hydrogen-bond acceptors (Lipinski definition) is 4. The lowest BCUT2D eigenvalue weighted by molar-refractivity contribution is 0.759. The zero-order chi connectivity index (χ0) is 9.42. The van der Waals surface area contributed by atoms with E-state index in [0.717, 1.165) is 5.69 Å². The summed E-state index contributed by atoms with van der Waals surface area (Å²) in [6.07, 6.45) is 0. The Bertz CT molecular complexity index is 483. The molecule has 0 aliphatic heterocycles. The first-order chi connectivity index (χ1) is 6.18. The largest absolute Gasteiger partial charge is 0.325 e. The van der Waals surface area contributed by atoms with Crippen LogP contribution in [0.5, 0.6) is 0 Å². The van der Waals surface area contributed by atoms with Crippen LogP contribution >= 0.6 is 0 Å². The van der Waals surface area contributed by atoms with Crippen LogP contribution in [0.2, 0.25) is 0 Å². The second-order valence-electron chi connectivity index (χ2n) is 3.13. The highest BCUT2D eigenvalue weighted by Gasteiger charge is 2.10. The quantitative estimate of drug-likeness (QED) is 0.653. The van der Waals surface area contributed by atoms with Gasteiger partial charge in [0.2, 0.25) is 0 Å². The lowest BCUT2D eigenvalue weighted by Gasteiger charge is -2.01. The summed E-state index contributed by atoms with van der Waals surface area (Å²) in [5.41, 5.74) is 1.58. The van der Waals surface area contributed by atoms with Crippen LogP contribution in [0.15, 0.2) is 4.79 Å². The highest BCUT2D eigenvalue weighted by atomic mass is 16.1. The van der Waals surface area contributed by atoms with E-state index in [1.807, 2.05) is 13.8 Å². The standard InChI is InChI=1S/C7H9N5O/c1-3(2)4-5-6(11-12-10-4)9-7(13)8-5/h3H,1-2H3,(H2,8,9,10,11,13). The van der Waals surface area contributed by atoms with E-state index in [1.165, 1.54) is 0 Å². The molecule has 6 heteroatoms. The van der Waals surface area contributed by atoms with Crippen molar-refractivity contribution < 1.29 is 0 Å². The molecular formula is C7H9N5O. The lowest BCUT2D eigenvalue weighted by atomic mass is 10.1. The average Bonchev–Trinajstić information content (AvgIpc) is 2.43. The van der Waals surface area contributed by atoms with Gasteiger partial charge in [-0.05, 0) is 11.1 Å². The van der Waals surface area contributed by atoms with Crippen LogP contribution in [0.1, 0.15) is 25.5 Å². The summed E-state index contributed by atoms with van der Waals surface area (Å²) in [5.74, 6) is 0.212. The van der Waals surface area contributed by atoms with Gasteiger partial charge in [-0.1, -0.05) is 13.8 Å². The minimum Gasteiger partial charge on any atom is -0.303 e. The summed E-state index contributed by atoms with van der Waals surface area (Å²) in [5, 5.41) is 11.1. The minimum absolute atomic E-state index is 0.212. The van der Waals surface area contributed by atoms with E-state index in [-0.39, 0.29) is 11.6 Å². The van der Waals surface area contributed by atoms with Gasteiger partial charge in [0, 0.05) is 0 Å². The number of fused-ring (bicyclic) bond motifs is 1. The van der Waals surface area contributed by atoms with Crippen LogP contribution in [0, 0.1) is 0 Å². The van der Waals surface area contributed by atoms with Gasteiger partial charge in [-0.15, -0.1) is 10.2 Å². The molecule has 68 valence electrons. The van der Waals surface area contributed by atoms with E-state index < -0.39 is 0 Å². The second kappa shape index (κ2) is 2.65. The molecule has 0 aliphatic carbocycles. The molecule has 6 nitrogen and oxygen atoms in total. The topological polar surface area (TPSA) is 87.3 Å². The molecule has 0 saturated heterocycles. The minimum atomic E-state index is -0.279. The number of imidazole rings is 1. The Balaban J connectivity index is 2.82. The predicted octanol–water partition coefficient (Wildman–Crippen LogP) is 0.165. The summed E-state index contributed by atoms with van der Waals surface area (Å²) >= 11 is 0. The van der Waals surface area contributed by atoms with Gasteiger partial charge in [0.25, 0.3) is 0 Å². The molecule has 0 saturated carbocycles. The van der Waals surface area contributed by atoms with Gasteiger partial charge in [0.15, 0.2) is 5.65 Å². The van der Waals surface area contributed by atoms with Gasteiger partial charge in [0.1, 0.15) is 5.52 Å². The summed E-state index contributed by atoms with van der Waals surface area (Å²) < 4.78 is 0. The van der Waals surface area contributed by atoms with E-state index in [9.17, 15) is 4.79 Å². The number of rotatable bonds is 1. The third kappa shape index (κ3) is 1.20. The molecule has 2 N–H and O–H groups in total. The SMILES string of the molecule is CC(C)c1nnnc2[nH]c(=O)[nH]c12. The van der Waals surface area contributed by atoms with Crippen molar-refractivity contribution >= 4 is 11.2 Å². The monoisotopic (exact) mass is 179 g/mol. The molecule has 2 aromatic heterocycles. The number of H-pyrrole nitrogens is 2. The van der Waals surface area contributed by atoms with Gasteiger partial charge >= 0.3 is 5.69 Å².